The maximum absolute atomic E-state index is 13.2. The molecule has 2 nitrogen and oxygen atoms in total. The van der Waals surface area contributed by atoms with Crippen LogP contribution in [0.25, 0.3) is 10.9 Å². The lowest BCUT2D eigenvalue weighted by Crippen LogP contribution is -2.07. The highest BCUT2D eigenvalue weighted by molar-refractivity contribution is 6.32. The van der Waals surface area contributed by atoms with Crippen LogP contribution in [-0.4, -0.2) is 4.98 Å². The number of halogens is 4. The standard InChI is InChI=1S/C19H14ClF3NO/c20-16-3-1-2-15(19(21,22)23)18(16)25-13-6-7-17-14(9-13)12(10-24-17)8-11-4-5-11/h2-3,6-7,9-11,24H,4-5,8H2. The summed E-state index contributed by atoms with van der Waals surface area (Å²) in [5.41, 5.74) is 1.16. The molecular weight excluding hydrogens is 351 g/mol. The van der Waals surface area contributed by atoms with E-state index in [4.69, 9.17) is 16.3 Å². The van der Waals surface area contributed by atoms with Gasteiger partial charge in [0.1, 0.15) is 11.3 Å². The van der Waals surface area contributed by atoms with Crippen LogP contribution in [0.4, 0.5) is 13.2 Å². The van der Waals surface area contributed by atoms with Gasteiger partial charge in [0, 0.05) is 17.1 Å². The quantitative estimate of drug-likeness (QED) is 0.570. The van der Waals surface area contributed by atoms with Crippen LogP contribution in [0, 0.1) is 12.0 Å². The summed E-state index contributed by atoms with van der Waals surface area (Å²) >= 11 is 5.93. The Labute approximate surface area is 147 Å². The summed E-state index contributed by atoms with van der Waals surface area (Å²) in [5.74, 6) is 0.633. The molecule has 2 aromatic carbocycles. The maximum Gasteiger partial charge on any atom is 0.420 e. The number of H-pyrrole nitrogens is 1. The molecule has 1 radical (unpaired) electrons. The van der Waals surface area contributed by atoms with E-state index in [2.05, 4.69) is 11.1 Å². The third-order valence-electron chi connectivity index (χ3n) is 4.37. The first kappa shape index (κ1) is 16.3. The van der Waals surface area contributed by atoms with E-state index in [1.165, 1.54) is 18.9 Å². The van der Waals surface area contributed by atoms with Crippen molar-refractivity contribution in [1.29, 1.82) is 0 Å². The van der Waals surface area contributed by atoms with Crippen molar-refractivity contribution in [3.05, 3.63) is 58.7 Å². The average Bonchev–Trinajstić information content (AvgIpc) is 3.28. The first-order chi connectivity index (χ1) is 11.9. The topological polar surface area (TPSA) is 25.0 Å². The molecule has 0 aliphatic heterocycles. The molecule has 129 valence electrons. The van der Waals surface area contributed by atoms with Crippen molar-refractivity contribution in [2.24, 2.45) is 5.92 Å². The molecule has 0 atom stereocenters. The van der Waals surface area contributed by atoms with Crippen LogP contribution in [0.1, 0.15) is 24.0 Å². The van der Waals surface area contributed by atoms with Crippen molar-refractivity contribution in [3.8, 4) is 11.5 Å². The molecule has 1 aliphatic carbocycles. The average molecular weight is 365 g/mol. The number of aromatic amines is 1. The fourth-order valence-corrected chi connectivity index (χ4v) is 3.12. The van der Waals surface area contributed by atoms with Gasteiger partial charge in [0.25, 0.3) is 0 Å². The number of ether oxygens (including phenoxy) is 1. The minimum Gasteiger partial charge on any atom is -0.455 e. The lowest BCUT2D eigenvalue weighted by atomic mass is 10.1. The minimum atomic E-state index is -4.56. The van der Waals surface area contributed by atoms with Gasteiger partial charge in [-0.3, -0.25) is 0 Å². The molecule has 0 bridgehead atoms. The summed E-state index contributed by atoms with van der Waals surface area (Å²) < 4.78 is 45.1. The van der Waals surface area contributed by atoms with Crippen molar-refractivity contribution in [3.63, 3.8) is 0 Å². The number of fused-ring (bicyclic) bond motifs is 1. The molecule has 1 fully saturated rings. The lowest BCUT2D eigenvalue weighted by Gasteiger charge is -2.15. The molecule has 0 amide bonds. The van der Waals surface area contributed by atoms with E-state index in [1.54, 1.807) is 18.2 Å². The summed E-state index contributed by atoms with van der Waals surface area (Å²) in [4.78, 5) is 3.19. The highest BCUT2D eigenvalue weighted by atomic mass is 35.5. The number of benzene rings is 2. The van der Waals surface area contributed by atoms with Crippen LogP contribution in [-0.2, 0) is 12.6 Å². The number of hydrogen-bond acceptors (Lipinski definition) is 1. The van der Waals surface area contributed by atoms with Gasteiger partial charge in [0.15, 0.2) is 5.75 Å². The molecule has 1 aliphatic rings. The number of aromatic nitrogens is 1. The molecule has 1 aromatic heterocycles. The van der Waals surface area contributed by atoms with Crippen LogP contribution in [0.2, 0.25) is 5.02 Å². The SMILES string of the molecule is FC(F)(F)c1c[c]cc(Cl)c1Oc1ccc2[nH]cc(CC3CC3)c2c1. The fraction of sp³-hybridized carbons (Fsp3) is 0.263. The first-order valence-corrected chi connectivity index (χ1v) is 8.34. The zero-order valence-corrected chi connectivity index (χ0v) is 13.8. The monoisotopic (exact) mass is 364 g/mol. The van der Waals surface area contributed by atoms with Crippen molar-refractivity contribution >= 4 is 22.5 Å². The van der Waals surface area contributed by atoms with Crippen LogP contribution >= 0.6 is 11.6 Å². The zero-order chi connectivity index (χ0) is 17.6. The Morgan fingerprint density at radius 1 is 1.24 bits per heavy atom. The van der Waals surface area contributed by atoms with Crippen LogP contribution in [0.3, 0.4) is 0 Å². The summed E-state index contributed by atoms with van der Waals surface area (Å²) in [6.45, 7) is 0. The van der Waals surface area contributed by atoms with Crippen LogP contribution < -0.4 is 4.74 Å². The van der Waals surface area contributed by atoms with Crippen molar-refractivity contribution in [2.45, 2.75) is 25.4 Å². The minimum absolute atomic E-state index is 0.123. The van der Waals surface area contributed by atoms with Gasteiger partial charge >= 0.3 is 6.18 Å². The van der Waals surface area contributed by atoms with E-state index in [0.717, 1.165) is 29.0 Å². The van der Waals surface area contributed by atoms with Gasteiger partial charge in [0.2, 0.25) is 0 Å². The summed E-state index contributed by atoms with van der Waals surface area (Å²) in [6.07, 6.45) is 0.824. The number of alkyl halides is 3. The third kappa shape index (κ3) is 3.33. The van der Waals surface area contributed by atoms with Gasteiger partial charge < -0.3 is 9.72 Å². The number of nitrogens with one attached hydrogen (secondary N) is 1. The van der Waals surface area contributed by atoms with Gasteiger partial charge in [-0.25, -0.2) is 0 Å². The summed E-state index contributed by atoms with van der Waals surface area (Å²) in [5, 5.41) is 0.846. The third-order valence-corrected chi connectivity index (χ3v) is 4.65. The Balaban J connectivity index is 1.71. The van der Waals surface area contributed by atoms with Gasteiger partial charge in [-0.2, -0.15) is 13.2 Å². The molecule has 0 unspecified atom stereocenters. The predicted octanol–water partition coefficient (Wildman–Crippen LogP) is 6.39. The molecule has 3 aromatic rings. The molecule has 1 saturated carbocycles. The second-order valence-corrected chi connectivity index (χ2v) is 6.72. The first-order valence-electron chi connectivity index (χ1n) is 7.96. The predicted molar refractivity (Wildman–Crippen MR) is 90.1 cm³/mol. The van der Waals surface area contributed by atoms with E-state index in [-0.39, 0.29) is 5.02 Å². The normalized spacial score (nSPS) is 14.9. The Morgan fingerprint density at radius 3 is 2.76 bits per heavy atom. The second kappa shape index (κ2) is 5.99. The zero-order valence-electron chi connectivity index (χ0n) is 13.1. The highest BCUT2D eigenvalue weighted by Gasteiger charge is 2.35. The molecule has 1 heterocycles. The van der Waals surface area contributed by atoms with Gasteiger partial charge in [-0.15, -0.1) is 0 Å². The molecule has 0 spiro atoms. The summed E-state index contributed by atoms with van der Waals surface area (Å²) in [7, 11) is 0. The lowest BCUT2D eigenvalue weighted by molar-refractivity contribution is -0.138. The maximum atomic E-state index is 13.2. The second-order valence-electron chi connectivity index (χ2n) is 6.31. The van der Waals surface area contributed by atoms with Crippen LogP contribution in [0.15, 0.2) is 36.5 Å². The van der Waals surface area contributed by atoms with Gasteiger partial charge in [0.05, 0.1) is 5.02 Å². The number of rotatable bonds is 4. The van der Waals surface area contributed by atoms with E-state index >= 15 is 0 Å². The molecular formula is C19H14ClF3NO. The van der Waals surface area contributed by atoms with Crippen molar-refractivity contribution < 1.29 is 17.9 Å². The fourth-order valence-electron chi connectivity index (χ4n) is 2.91. The molecule has 4 rings (SSSR count). The highest BCUT2D eigenvalue weighted by Crippen LogP contribution is 2.42. The molecule has 25 heavy (non-hydrogen) atoms. The van der Waals surface area contributed by atoms with Crippen molar-refractivity contribution in [2.75, 3.05) is 0 Å². The largest absolute Gasteiger partial charge is 0.455 e. The molecule has 1 N–H and O–H groups in total. The number of hydrogen-bond donors (Lipinski definition) is 1. The Bertz CT molecular complexity index is 928. The molecule has 0 saturated heterocycles. The van der Waals surface area contributed by atoms with Crippen LogP contribution in [0.5, 0.6) is 11.5 Å². The van der Waals surface area contributed by atoms with E-state index in [0.29, 0.717) is 11.7 Å². The molecule has 6 heteroatoms. The van der Waals surface area contributed by atoms with E-state index in [1.807, 2.05) is 6.20 Å². The van der Waals surface area contributed by atoms with Crippen molar-refractivity contribution in [1.82, 2.24) is 4.98 Å². The van der Waals surface area contributed by atoms with Gasteiger partial charge in [-0.1, -0.05) is 11.6 Å². The summed E-state index contributed by atoms with van der Waals surface area (Å²) in [6, 6.07) is 9.69. The Morgan fingerprint density at radius 2 is 2.04 bits per heavy atom. The van der Waals surface area contributed by atoms with E-state index < -0.39 is 17.5 Å². The Kier molecular flexibility index (Phi) is 3.91. The smallest absolute Gasteiger partial charge is 0.420 e. The van der Waals surface area contributed by atoms with Gasteiger partial charge in [-0.05, 0) is 67.1 Å². The van der Waals surface area contributed by atoms with E-state index in [9.17, 15) is 13.2 Å². The Hall–Kier alpha value is -2.14.